The molecule has 0 radical (unpaired) electrons. The van der Waals surface area contributed by atoms with Crippen molar-refractivity contribution in [2.75, 3.05) is 5.75 Å². The summed E-state index contributed by atoms with van der Waals surface area (Å²) in [5.41, 5.74) is 1.38. The SMILES string of the molecule is CCCCSCc1ccncc1. The Balaban J connectivity index is 2.16. The fraction of sp³-hybridized carbons (Fsp3) is 0.500. The maximum atomic E-state index is 3.98. The van der Waals surface area contributed by atoms with Crippen molar-refractivity contribution in [3.8, 4) is 0 Å². The van der Waals surface area contributed by atoms with Crippen molar-refractivity contribution in [1.82, 2.24) is 4.98 Å². The largest absolute Gasteiger partial charge is 0.265 e. The van der Waals surface area contributed by atoms with Crippen LogP contribution in [0, 0.1) is 0 Å². The molecule has 1 aromatic heterocycles. The van der Waals surface area contributed by atoms with Crippen LogP contribution in [0.3, 0.4) is 0 Å². The Bertz CT molecular complexity index is 198. The zero-order valence-corrected chi connectivity index (χ0v) is 8.31. The molecule has 0 amide bonds. The average Bonchev–Trinajstić information content (AvgIpc) is 2.14. The van der Waals surface area contributed by atoms with E-state index in [-0.39, 0.29) is 0 Å². The van der Waals surface area contributed by atoms with Gasteiger partial charge in [-0.2, -0.15) is 11.8 Å². The molecular formula is C10H15NS. The minimum atomic E-state index is 1.13. The van der Waals surface area contributed by atoms with Gasteiger partial charge in [0.15, 0.2) is 0 Å². The van der Waals surface area contributed by atoms with Gasteiger partial charge in [0.2, 0.25) is 0 Å². The number of unbranched alkanes of at least 4 members (excludes halogenated alkanes) is 1. The van der Waals surface area contributed by atoms with E-state index in [1.54, 1.807) is 0 Å². The van der Waals surface area contributed by atoms with Crippen LogP contribution in [-0.4, -0.2) is 10.7 Å². The van der Waals surface area contributed by atoms with E-state index >= 15 is 0 Å². The zero-order valence-electron chi connectivity index (χ0n) is 7.49. The molecule has 0 aliphatic rings. The lowest BCUT2D eigenvalue weighted by Gasteiger charge is -1.99. The molecule has 12 heavy (non-hydrogen) atoms. The number of rotatable bonds is 5. The van der Waals surface area contributed by atoms with Crippen molar-refractivity contribution >= 4 is 11.8 Å². The van der Waals surface area contributed by atoms with Crippen LogP contribution in [0.25, 0.3) is 0 Å². The second kappa shape index (κ2) is 6.06. The number of hydrogen-bond donors (Lipinski definition) is 0. The number of nitrogens with zero attached hydrogens (tertiary/aromatic N) is 1. The molecule has 66 valence electrons. The molecule has 1 aromatic rings. The van der Waals surface area contributed by atoms with E-state index in [0.29, 0.717) is 0 Å². The minimum absolute atomic E-state index is 1.13. The van der Waals surface area contributed by atoms with E-state index in [1.165, 1.54) is 24.2 Å². The Morgan fingerprint density at radius 3 is 2.75 bits per heavy atom. The summed E-state index contributed by atoms with van der Waals surface area (Å²) in [5.74, 6) is 2.40. The van der Waals surface area contributed by atoms with Gasteiger partial charge in [-0.1, -0.05) is 13.3 Å². The second-order valence-corrected chi connectivity index (χ2v) is 3.87. The third-order valence-corrected chi connectivity index (χ3v) is 2.78. The maximum Gasteiger partial charge on any atom is 0.0270 e. The van der Waals surface area contributed by atoms with Crippen molar-refractivity contribution < 1.29 is 0 Å². The lowest BCUT2D eigenvalue weighted by molar-refractivity contribution is 0.896. The van der Waals surface area contributed by atoms with Crippen molar-refractivity contribution in [1.29, 1.82) is 0 Å². The number of aromatic nitrogens is 1. The molecule has 0 aromatic carbocycles. The summed E-state index contributed by atoms with van der Waals surface area (Å²) in [6.07, 6.45) is 6.34. The van der Waals surface area contributed by atoms with Crippen molar-refractivity contribution in [2.45, 2.75) is 25.5 Å². The fourth-order valence-electron chi connectivity index (χ4n) is 0.915. The zero-order chi connectivity index (χ0) is 8.65. The second-order valence-electron chi connectivity index (χ2n) is 2.76. The Kier molecular flexibility index (Phi) is 4.85. The van der Waals surface area contributed by atoms with Crippen LogP contribution in [0.5, 0.6) is 0 Å². The van der Waals surface area contributed by atoms with Gasteiger partial charge in [-0.15, -0.1) is 0 Å². The van der Waals surface area contributed by atoms with Crippen LogP contribution in [-0.2, 0) is 5.75 Å². The quantitative estimate of drug-likeness (QED) is 0.647. The van der Waals surface area contributed by atoms with Gasteiger partial charge in [0.25, 0.3) is 0 Å². The monoisotopic (exact) mass is 181 g/mol. The van der Waals surface area contributed by atoms with Gasteiger partial charge < -0.3 is 0 Å². The summed E-state index contributed by atoms with van der Waals surface area (Å²) in [7, 11) is 0. The summed E-state index contributed by atoms with van der Waals surface area (Å²) in [5, 5.41) is 0. The first-order chi connectivity index (χ1) is 5.93. The first-order valence-corrected chi connectivity index (χ1v) is 5.55. The van der Waals surface area contributed by atoms with Crippen LogP contribution in [0.1, 0.15) is 25.3 Å². The summed E-state index contributed by atoms with van der Waals surface area (Å²) >= 11 is 2.00. The van der Waals surface area contributed by atoms with Crippen molar-refractivity contribution in [3.05, 3.63) is 30.1 Å². The summed E-state index contributed by atoms with van der Waals surface area (Å²) < 4.78 is 0. The topological polar surface area (TPSA) is 12.9 Å². The van der Waals surface area contributed by atoms with Crippen molar-refractivity contribution in [3.63, 3.8) is 0 Å². The first-order valence-electron chi connectivity index (χ1n) is 4.40. The molecule has 0 unspecified atom stereocenters. The molecule has 0 atom stereocenters. The number of pyridine rings is 1. The molecule has 1 rings (SSSR count). The van der Waals surface area contributed by atoms with Gasteiger partial charge in [-0.25, -0.2) is 0 Å². The highest BCUT2D eigenvalue weighted by Gasteiger charge is 1.91. The highest BCUT2D eigenvalue weighted by molar-refractivity contribution is 7.98. The molecule has 2 heteroatoms. The molecule has 1 heterocycles. The number of hydrogen-bond acceptors (Lipinski definition) is 2. The minimum Gasteiger partial charge on any atom is -0.265 e. The molecule has 0 spiro atoms. The molecular weight excluding hydrogens is 166 g/mol. The van der Waals surface area contributed by atoms with E-state index in [2.05, 4.69) is 24.0 Å². The summed E-state index contributed by atoms with van der Waals surface area (Å²) in [4.78, 5) is 3.98. The van der Waals surface area contributed by atoms with Gasteiger partial charge in [0.05, 0.1) is 0 Å². The normalized spacial score (nSPS) is 10.1. The maximum absolute atomic E-state index is 3.98. The lowest BCUT2D eigenvalue weighted by atomic mass is 10.3. The molecule has 1 nitrogen and oxygen atoms in total. The van der Waals surface area contributed by atoms with Crippen LogP contribution < -0.4 is 0 Å². The van der Waals surface area contributed by atoms with Crippen LogP contribution in [0.2, 0.25) is 0 Å². The Morgan fingerprint density at radius 2 is 2.08 bits per heavy atom. The van der Waals surface area contributed by atoms with Crippen LogP contribution in [0.4, 0.5) is 0 Å². The summed E-state index contributed by atoms with van der Waals surface area (Å²) in [6, 6.07) is 4.16. The van der Waals surface area contributed by atoms with Crippen molar-refractivity contribution in [2.24, 2.45) is 0 Å². The standard InChI is InChI=1S/C10H15NS/c1-2-3-8-12-9-10-4-6-11-7-5-10/h4-7H,2-3,8-9H2,1H3. The van der Waals surface area contributed by atoms with Gasteiger partial charge in [0.1, 0.15) is 0 Å². The Morgan fingerprint density at radius 1 is 1.33 bits per heavy atom. The predicted octanol–water partition coefficient (Wildman–Crippen LogP) is 3.11. The summed E-state index contributed by atoms with van der Waals surface area (Å²) in [6.45, 7) is 2.23. The Labute approximate surface area is 78.6 Å². The third kappa shape index (κ3) is 3.77. The molecule has 0 fully saturated rings. The van der Waals surface area contributed by atoms with Gasteiger partial charge >= 0.3 is 0 Å². The van der Waals surface area contributed by atoms with E-state index in [4.69, 9.17) is 0 Å². The van der Waals surface area contributed by atoms with Crippen LogP contribution >= 0.6 is 11.8 Å². The fourth-order valence-corrected chi connectivity index (χ4v) is 1.98. The average molecular weight is 181 g/mol. The molecule has 0 saturated carbocycles. The van der Waals surface area contributed by atoms with E-state index < -0.39 is 0 Å². The first kappa shape index (κ1) is 9.59. The smallest absolute Gasteiger partial charge is 0.0270 e. The molecule has 0 N–H and O–H groups in total. The van der Waals surface area contributed by atoms with Gasteiger partial charge in [-0.05, 0) is 29.9 Å². The molecule has 0 aliphatic heterocycles. The Hall–Kier alpha value is -0.500. The van der Waals surface area contributed by atoms with E-state index in [9.17, 15) is 0 Å². The van der Waals surface area contributed by atoms with E-state index in [0.717, 1.165) is 5.75 Å². The molecule has 0 aliphatic carbocycles. The van der Waals surface area contributed by atoms with E-state index in [1.807, 2.05) is 24.2 Å². The van der Waals surface area contributed by atoms with Crippen LogP contribution in [0.15, 0.2) is 24.5 Å². The molecule has 0 bridgehead atoms. The van der Waals surface area contributed by atoms with Gasteiger partial charge in [-0.3, -0.25) is 4.98 Å². The van der Waals surface area contributed by atoms with Gasteiger partial charge in [0, 0.05) is 18.1 Å². The third-order valence-electron chi connectivity index (χ3n) is 1.66. The lowest BCUT2D eigenvalue weighted by Crippen LogP contribution is -1.83. The predicted molar refractivity (Wildman–Crippen MR) is 55.3 cm³/mol. The highest BCUT2D eigenvalue weighted by atomic mass is 32.2. The molecule has 0 saturated heterocycles. The number of thioether (sulfide) groups is 1. The highest BCUT2D eigenvalue weighted by Crippen LogP contribution is 2.12.